The van der Waals surface area contributed by atoms with Crippen molar-refractivity contribution in [2.24, 2.45) is 28.8 Å². The number of morpholine rings is 1. The highest BCUT2D eigenvalue weighted by Gasteiger charge is 2.59. The molecule has 8 nitrogen and oxygen atoms in total. The molecule has 2 aliphatic heterocycles. The van der Waals surface area contributed by atoms with Crippen molar-refractivity contribution in [3.63, 3.8) is 0 Å². The molecule has 5 rings (SSSR count). The summed E-state index contributed by atoms with van der Waals surface area (Å²) in [5.41, 5.74) is 0.487. The van der Waals surface area contributed by atoms with Crippen LogP contribution in [0.5, 0.6) is 5.75 Å². The number of fused-ring (bicyclic) bond motifs is 5. The molecule has 2 saturated heterocycles. The topological polar surface area (TPSA) is 88.5 Å². The molecule has 2 bridgehead atoms. The van der Waals surface area contributed by atoms with Crippen LogP contribution in [-0.2, 0) is 19.1 Å². The van der Waals surface area contributed by atoms with Crippen molar-refractivity contribution in [3.05, 3.63) is 40.9 Å². The number of benzene rings is 1. The van der Waals surface area contributed by atoms with Gasteiger partial charge < -0.3 is 14.4 Å². The van der Waals surface area contributed by atoms with Gasteiger partial charge in [0, 0.05) is 23.7 Å². The number of imide groups is 1. The summed E-state index contributed by atoms with van der Waals surface area (Å²) in [6.45, 7) is 1.97. The molecule has 4 aliphatic rings. The van der Waals surface area contributed by atoms with Crippen LogP contribution in [0.4, 0.5) is 0 Å². The van der Waals surface area contributed by atoms with Gasteiger partial charge in [-0.25, -0.2) is 0 Å². The van der Waals surface area contributed by atoms with Crippen LogP contribution >= 0.6 is 11.6 Å². The summed E-state index contributed by atoms with van der Waals surface area (Å²) in [4.78, 5) is 39.6. The lowest BCUT2D eigenvalue weighted by Gasteiger charge is -2.26. The summed E-state index contributed by atoms with van der Waals surface area (Å²) in [5, 5.41) is 5.61. The van der Waals surface area contributed by atoms with Crippen LogP contribution in [0.15, 0.2) is 35.5 Å². The standard InChI is InChI=1S/C22H22ClN3O5/c23-16-3-4-17(31-12-18(27)25-5-7-30-8-6-25)15(10-16)11-24-26-21(28)19-13-1-2-14(9-13)20(19)22(26)29/h1-4,10-11,13-14,19-20H,5-9,12H2. The molecule has 4 atom stereocenters. The van der Waals surface area contributed by atoms with E-state index in [9.17, 15) is 14.4 Å². The Morgan fingerprint density at radius 3 is 2.52 bits per heavy atom. The minimum Gasteiger partial charge on any atom is -0.483 e. The van der Waals surface area contributed by atoms with Crippen molar-refractivity contribution in [2.45, 2.75) is 6.42 Å². The highest BCUT2D eigenvalue weighted by molar-refractivity contribution is 6.31. The molecule has 4 unspecified atom stereocenters. The molecule has 1 saturated carbocycles. The van der Waals surface area contributed by atoms with E-state index in [1.165, 1.54) is 6.21 Å². The van der Waals surface area contributed by atoms with Gasteiger partial charge in [0.05, 0.1) is 31.3 Å². The maximum atomic E-state index is 12.8. The molecule has 162 valence electrons. The highest BCUT2D eigenvalue weighted by atomic mass is 35.5. The number of hydrogen-bond acceptors (Lipinski definition) is 6. The van der Waals surface area contributed by atoms with E-state index in [0.717, 1.165) is 11.4 Å². The minimum atomic E-state index is -0.305. The first-order valence-corrected chi connectivity index (χ1v) is 10.8. The third-order valence-corrected chi connectivity index (χ3v) is 6.68. The zero-order chi connectivity index (χ0) is 21.5. The molecule has 2 heterocycles. The number of carbonyl (C=O) groups is 3. The summed E-state index contributed by atoms with van der Waals surface area (Å²) in [6, 6.07) is 4.91. The number of amides is 3. The van der Waals surface area contributed by atoms with Crippen LogP contribution in [0.1, 0.15) is 12.0 Å². The first-order chi connectivity index (χ1) is 15.0. The van der Waals surface area contributed by atoms with Crippen molar-refractivity contribution in [2.75, 3.05) is 32.9 Å². The maximum Gasteiger partial charge on any atom is 0.260 e. The van der Waals surface area contributed by atoms with Gasteiger partial charge in [0.25, 0.3) is 17.7 Å². The van der Waals surface area contributed by atoms with E-state index in [0.29, 0.717) is 42.6 Å². The average Bonchev–Trinajstić information content (AvgIpc) is 3.46. The van der Waals surface area contributed by atoms with E-state index >= 15 is 0 Å². The summed E-state index contributed by atoms with van der Waals surface area (Å²) in [6.07, 6.45) is 6.34. The zero-order valence-corrected chi connectivity index (χ0v) is 17.5. The molecule has 9 heteroatoms. The molecular weight excluding hydrogens is 422 g/mol. The van der Waals surface area contributed by atoms with Crippen LogP contribution in [-0.4, -0.2) is 66.8 Å². The van der Waals surface area contributed by atoms with Gasteiger partial charge in [-0.05, 0) is 36.5 Å². The van der Waals surface area contributed by atoms with Crippen molar-refractivity contribution >= 4 is 35.5 Å². The average molecular weight is 444 g/mol. The van der Waals surface area contributed by atoms with Gasteiger partial charge in [-0.1, -0.05) is 23.8 Å². The monoisotopic (exact) mass is 443 g/mol. The fourth-order valence-corrected chi connectivity index (χ4v) is 5.10. The number of nitrogens with zero attached hydrogens (tertiary/aromatic N) is 3. The van der Waals surface area contributed by atoms with Crippen LogP contribution in [0.3, 0.4) is 0 Å². The Balaban J connectivity index is 1.30. The van der Waals surface area contributed by atoms with Gasteiger partial charge in [0.1, 0.15) is 5.75 Å². The van der Waals surface area contributed by atoms with Gasteiger partial charge in [-0.15, -0.1) is 0 Å². The molecule has 1 aromatic carbocycles. The van der Waals surface area contributed by atoms with Gasteiger partial charge in [-0.2, -0.15) is 10.1 Å². The lowest BCUT2D eigenvalue weighted by molar-refractivity contribution is -0.140. The zero-order valence-electron chi connectivity index (χ0n) is 16.8. The SMILES string of the molecule is O=C(COc1ccc(Cl)cc1C=NN1C(=O)C2C3C=CC(C3)C2C1=O)N1CCOCC1. The van der Waals surface area contributed by atoms with Crippen LogP contribution in [0.25, 0.3) is 0 Å². The van der Waals surface area contributed by atoms with E-state index in [4.69, 9.17) is 21.1 Å². The summed E-state index contributed by atoms with van der Waals surface area (Å²) in [5.74, 6) is -0.601. The normalized spacial score (nSPS) is 29.3. The molecule has 0 spiro atoms. The van der Waals surface area contributed by atoms with Gasteiger partial charge in [0.15, 0.2) is 6.61 Å². The molecule has 31 heavy (non-hydrogen) atoms. The predicted molar refractivity (Wildman–Crippen MR) is 112 cm³/mol. The molecule has 2 aliphatic carbocycles. The second kappa shape index (κ2) is 8.09. The highest BCUT2D eigenvalue weighted by Crippen LogP contribution is 2.52. The van der Waals surface area contributed by atoms with Crippen LogP contribution < -0.4 is 4.74 Å². The number of carbonyl (C=O) groups excluding carboxylic acids is 3. The van der Waals surface area contributed by atoms with Crippen LogP contribution in [0.2, 0.25) is 5.02 Å². The van der Waals surface area contributed by atoms with Crippen LogP contribution in [0, 0.1) is 23.7 Å². The summed E-state index contributed by atoms with van der Waals surface area (Å²) < 4.78 is 11.0. The Kier molecular flexibility index (Phi) is 5.27. The number of halogens is 1. The quantitative estimate of drug-likeness (QED) is 0.393. The molecule has 3 amide bonds. The number of allylic oxidation sites excluding steroid dienone is 2. The van der Waals surface area contributed by atoms with E-state index in [1.807, 2.05) is 12.2 Å². The van der Waals surface area contributed by atoms with Gasteiger partial charge in [-0.3, -0.25) is 14.4 Å². The molecule has 0 N–H and O–H groups in total. The lowest BCUT2D eigenvalue weighted by Crippen LogP contribution is -2.43. The Hall–Kier alpha value is -2.71. The summed E-state index contributed by atoms with van der Waals surface area (Å²) >= 11 is 6.12. The number of rotatable bonds is 5. The van der Waals surface area contributed by atoms with Gasteiger partial charge >= 0.3 is 0 Å². The first-order valence-electron chi connectivity index (χ1n) is 10.4. The molecule has 0 aromatic heterocycles. The summed E-state index contributed by atoms with van der Waals surface area (Å²) in [7, 11) is 0. The third kappa shape index (κ3) is 3.64. The lowest BCUT2D eigenvalue weighted by atomic mass is 9.85. The Labute approximate surface area is 184 Å². The second-order valence-electron chi connectivity index (χ2n) is 8.20. The number of hydrazone groups is 1. The van der Waals surface area contributed by atoms with Crippen molar-refractivity contribution in [1.82, 2.24) is 9.91 Å². The maximum absolute atomic E-state index is 12.8. The fourth-order valence-electron chi connectivity index (χ4n) is 4.92. The smallest absolute Gasteiger partial charge is 0.260 e. The largest absolute Gasteiger partial charge is 0.483 e. The Bertz CT molecular complexity index is 957. The molecule has 0 radical (unpaired) electrons. The fraction of sp³-hybridized carbons (Fsp3) is 0.455. The third-order valence-electron chi connectivity index (χ3n) is 6.45. The first kappa shape index (κ1) is 20.2. The Morgan fingerprint density at radius 2 is 1.84 bits per heavy atom. The molecule has 1 aromatic rings. The van der Waals surface area contributed by atoms with E-state index in [1.54, 1.807) is 23.1 Å². The number of hydrogen-bond donors (Lipinski definition) is 0. The van der Waals surface area contributed by atoms with E-state index in [-0.39, 0.29) is 48.0 Å². The Morgan fingerprint density at radius 1 is 1.16 bits per heavy atom. The second-order valence-corrected chi connectivity index (χ2v) is 8.63. The van der Waals surface area contributed by atoms with E-state index < -0.39 is 0 Å². The van der Waals surface area contributed by atoms with Crippen molar-refractivity contribution < 1.29 is 23.9 Å². The predicted octanol–water partition coefficient (Wildman–Crippen LogP) is 1.72. The van der Waals surface area contributed by atoms with Crippen molar-refractivity contribution in [3.8, 4) is 5.75 Å². The number of ether oxygens (including phenoxy) is 2. The van der Waals surface area contributed by atoms with Crippen molar-refractivity contribution in [1.29, 1.82) is 0 Å². The molecule has 3 fully saturated rings. The molecular formula is C22H22ClN3O5. The van der Waals surface area contributed by atoms with Gasteiger partial charge in [0.2, 0.25) is 0 Å². The van der Waals surface area contributed by atoms with E-state index in [2.05, 4.69) is 5.10 Å². The minimum absolute atomic E-state index is 0.128.